The molecular formula is C13H20N4O2. The fourth-order valence-electron chi connectivity index (χ4n) is 2.47. The standard InChI is InChI=1S/C13H20N4O2/c1-3-16-7-9(14)6-10(16)11(18)17-5-4-13(2,8-17)12(15)19/h6-7H,3-5,8,14H2,1-2H3,(H2,15,19). The smallest absolute Gasteiger partial charge is 0.270 e. The van der Waals surface area contributed by atoms with Crippen LogP contribution in [-0.4, -0.2) is 34.4 Å². The average molecular weight is 264 g/mol. The number of aromatic nitrogens is 1. The second-order valence-corrected chi connectivity index (χ2v) is 5.35. The molecular weight excluding hydrogens is 244 g/mol. The van der Waals surface area contributed by atoms with Crippen LogP contribution in [0.2, 0.25) is 0 Å². The molecule has 2 rings (SSSR count). The van der Waals surface area contributed by atoms with E-state index >= 15 is 0 Å². The number of carbonyl (C=O) groups is 2. The maximum absolute atomic E-state index is 12.4. The maximum Gasteiger partial charge on any atom is 0.270 e. The normalized spacial score (nSPS) is 22.7. The third kappa shape index (κ3) is 2.30. The number of likely N-dealkylation sites (tertiary alicyclic amines) is 1. The van der Waals surface area contributed by atoms with Gasteiger partial charge >= 0.3 is 0 Å². The van der Waals surface area contributed by atoms with Gasteiger partial charge in [-0.1, -0.05) is 0 Å². The van der Waals surface area contributed by atoms with Gasteiger partial charge in [-0.2, -0.15) is 0 Å². The van der Waals surface area contributed by atoms with Crippen LogP contribution in [0.15, 0.2) is 12.3 Å². The van der Waals surface area contributed by atoms with Gasteiger partial charge < -0.3 is 20.9 Å². The average Bonchev–Trinajstić information content (AvgIpc) is 2.93. The molecule has 1 saturated heterocycles. The minimum Gasteiger partial charge on any atom is -0.397 e. The molecule has 1 fully saturated rings. The summed E-state index contributed by atoms with van der Waals surface area (Å²) in [6.07, 6.45) is 2.35. The Morgan fingerprint density at radius 3 is 2.68 bits per heavy atom. The first-order valence-corrected chi connectivity index (χ1v) is 6.42. The van der Waals surface area contributed by atoms with Crippen molar-refractivity contribution in [2.24, 2.45) is 11.1 Å². The molecule has 1 unspecified atom stereocenters. The quantitative estimate of drug-likeness (QED) is 0.828. The van der Waals surface area contributed by atoms with Crippen LogP contribution in [-0.2, 0) is 11.3 Å². The van der Waals surface area contributed by atoms with Crippen molar-refractivity contribution in [3.63, 3.8) is 0 Å². The molecule has 1 aromatic rings. The minimum atomic E-state index is -0.620. The lowest BCUT2D eigenvalue weighted by Crippen LogP contribution is -2.39. The van der Waals surface area contributed by atoms with Gasteiger partial charge in [0.1, 0.15) is 5.69 Å². The highest BCUT2D eigenvalue weighted by atomic mass is 16.2. The Balaban J connectivity index is 2.20. The maximum atomic E-state index is 12.4. The molecule has 0 radical (unpaired) electrons. The lowest BCUT2D eigenvalue weighted by Gasteiger charge is -2.21. The molecule has 1 aliphatic heterocycles. The van der Waals surface area contributed by atoms with Crippen LogP contribution >= 0.6 is 0 Å². The third-order valence-electron chi connectivity index (χ3n) is 3.83. The van der Waals surface area contributed by atoms with E-state index in [-0.39, 0.29) is 11.8 Å². The SMILES string of the molecule is CCn1cc(N)cc1C(=O)N1CCC(C)(C(N)=O)C1. The van der Waals surface area contributed by atoms with Gasteiger partial charge in [0.05, 0.1) is 11.1 Å². The Bertz CT molecular complexity index is 523. The second-order valence-electron chi connectivity index (χ2n) is 5.35. The number of nitrogens with two attached hydrogens (primary N) is 2. The van der Waals surface area contributed by atoms with Crippen molar-refractivity contribution in [3.8, 4) is 0 Å². The molecule has 0 saturated carbocycles. The zero-order valence-electron chi connectivity index (χ0n) is 11.3. The lowest BCUT2D eigenvalue weighted by molar-refractivity contribution is -0.126. The van der Waals surface area contributed by atoms with E-state index in [4.69, 9.17) is 11.5 Å². The molecule has 2 heterocycles. The van der Waals surface area contributed by atoms with Crippen LogP contribution in [0.1, 0.15) is 30.8 Å². The van der Waals surface area contributed by atoms with Crippen LogP contribution < -0.4 is 11.5 Å². The molecule has 0 aromatic carbocycles. The van der Waals surface area contributed by atoms with E-state index in [0.717, 1.165) is 0 Å². The van der Waals surface area contributed by atoms with E-state index in [0.29, 0.717) is 37.4 Å². The highest BCUT2D eigenvalue weighted by Crippen LogP contribution is 2.30. The summed E-state index contributed by atoms with van der Waals surface area (Å²) in [6.45, 7) is 5.35. The fourth-order valence-corrected chi connectivity index (χ4v) is 2.47. The van der Waals surface area contributed by atoms with Gasteiger partial charge in [-0.25, -0.2) is 0 Å². The first-order chi connectivity index (χ1) is 8.87. The van der Waals surface area contributed by atoms with Gasteiger partial charge in [0.15, 0.2) is 0 Å². The summed E-state index contributed by atoms with van der Waals surface area (Å²) >= 11 is 0. The van der Waals surface area contributed by atoms with Crippen LogP contribution in [0.5, 0.6) is 0 Å². The molecule has 2 amide bonds. The summed E-state index contributed by atoms with van der Waals surface area (Å²) in [5.74, 6) is -0.447. The van der Waals surface area contributed by atoms with Crippen molar-refractivity contribution in [2.45, 2.75) is 26.8 Å². The summed E-state index contributed by atoms with van der Waals surface area (Å²) in [5, 5.41) is 0. The van der Waals surface area contributed by atoms with E-state index in [1.807, 2.05) is 11.5 Å². The number of amides is 2. The van der Waals surface area contributed by atoms with Crippen molar-refractivity contribution in [3.05, 3.63) is 18.0 Å². The van der Waals surface area contributed by atoms with Crippen LogP contribution in [0.25, 0.3) is 0 Å². The minimum absolute atomic E-state index is 0.0940. The van der Waals surface area contributed by atoms with Crippen LogP contribution in [0.4, 0.5) is 5.69 Å². The molecule has 6 nitrogen and oxygen atoms in total. The Morgan fingerprint density at radius 2 is 2.16 bits per heavy atom. The summed E-state index contributed by atoms with van der Waals surface area (Å²) in [7, 11) is 0. The Kier molecular flexibility index (Phi) is 3.26. The first kappa shape index (κ1) is 13.5. The summed E-state index contributed by atoms with van der Waals surface area (Å²) in [5.41, 5.74) is 11.6. The number of nitrogen functional groups attached to an aromatic ring is 1. The Labute approximate surface area is 112 Å². The molecule has 6 heteroatoms. The largest absolute Gasteiger partial charge is 0.397 e. The van der Waals surface area contributed by atoms with E-state index in [1.165, 1.54) is 0 Å². The summed E-state index contributed by atoms with van der Waals surface area (Å²) in [6, 6.07) is 1.67. The third-order valence-corrected chi connectivity index (χ3v) is 3.83. The summed E-state index contributed by atoms with van der Waals surface area (Å²) < 4.78 is 1.82. The van der Waals surface area contributed by atoms with Gasteiger partial charge in [0, 0.05) is 25.8 Å². The van der Waals surface area contributed by atoms with Crippen molar-refractivity contribution >= 4 is 17.5 Å². The number of rotatable bonds is 3. The number of primary amides is 1. The highest BCUT2D eigenvalue weighted by molar-refractivity contribution is 5.95. The Morgan fingerprint density at radius 1 is 1.47 bits per heavy atom. The van der Waals surface area contributed by atoms with Gasteiger partial charge in [-0.15, -0.1) is 0 Å². The van der Waals surface area contributed by atoms with Gasteiger partial charge in [-0.3, -0.25) is 9.59 Å². The molecule has 0 bridgehead atoms. The number of hydrogen-bond donors (Lipinski definition) is 2. The van der Waals surface area contributed by atoms with E-state index in [1.54, 1.807) is 24.1 Å². The molecule has 19 heavy (non-hydrogen) atoms. The molecule has 0 aliphatic carbocycles. The molecule has 104 valence electrons. The molecule has 1 atom stereocenters. The summed E-state index contributed by atoms with van der Waals surface area (Å²) in [4.78, 5) is 25.5. The zero-order chi connectivity index (χ0) is 14.2. The topological polar surface area (TPSA) is 94.3 Å². The number of hydrogen-bond acceptors (Lipinski definition) is 3. The molecule has 0 spiro atoms. The number of anilines is 1. The molecule has 1 aromatic heterocycles. The van der Waals surface area contributed by atoms with Gasteiger partial charge in [0.2, 0.25) is 5.91 Å². The van der Waals surface area contributed by atoms with E-state index < -0.39 is 5.41 Å². The monoisotopic (exact) mass is 264 g/mol. The van der Waals surface area contributed by atoms with Crippen molar-refractivity contribution in [1.82, 2.24) is 9.47 Å². The first-order valence-electron chi connectivity index (χ1n) is 6.42. The molecule has 1 aliphatic rings. The number of carbonyl (C=O) groups excluding carboxylic acids is 2. The van der Waals surface area contributed by atoms with Crippen molar-refractivity contribution in [2.75, 3.05) is 18.8 Å². The Hall–Kier alpha value is -1.98. The highest BCUT2D eigenvalue weighted by Gasteiger charge is 2.41. The second kappa shape index (κ2) is 4.60. The number of aryl methyl sites for hydroxylation is 1. The number of nitrogens with zero attached hydrogens (tertiary/aromatic N) is 2. The fraction of sp³-hybridized carbons (Fsp3) is 0.538. The predicted molar refractivity (Wildman–Crippen MR) is 72.3 cm³/mol. The van der Waals surface area contributed by atoms with Crippen LogP contribution in [0, 0.1) is 5.41 Å². The zero-order valence-corrected chi connectivity index (χ0v) is 11.3. The lowest BCUT2D eigenvalue weighted by atomic mass is 9.89. The van der Waals surface area contributed by atoms with E-state index in [9.17, 15) is 9.59 Å². The van der Waals surface area contributed by atoms with Crippen molar-refractivity contribution in [1.29, 1.82) is 0 Å². The predicted octanol–water partition coefficient (Wildman–Crippen LogP) is 0.428. The van der Waals surface area contributed by atoms with Crippen molar-refractivity contribution < 1.29 is 9.59 Å². The van der Waals surface area contributed by atoms with E-state index in [2.05, 4.69) is 0 Å². The van der Waals surface area contributed by atoms with Gasteiger partial charge in [0.25, 0.3) is 5.91 Å². The molecule has 4 N–H and O–H groups in total. The van der Waals surface area contributed by atoms with Gasteiger partial charge in [-0.05, 0) is 26.3 Å². The van der Waals surface area contributed by atoms with Crippen LogP contribution in [0.3, 0.4) is 0 Å².